The van der Waals surface area contributed by atoms with Crippen LogP contribution in [0.1, 0.15) is 37.6 Å². The van der Waals surface area contributed by atoms with Crippen LogP contribution in [0.5, 0.6) is 11.5 Å². The number of nitrogens with zero attached hydrogens (tertiary/aromatic N) is 3. The molecule has 0 spiro atoms. The fourth-order valence-electron chi connectivity index (χ4n) is 3.41. The van der Waals surface area contributed by atoms with E-state index in [-0.39, 0.29) is 31.1 Å². The van der Waals surface area contributed by atoms with Gasteiger partial charge >= 0.3 is 0 Å². The second-order valence-electron chi connectivity index (χ2n) is 9.00. The molecule has 0 aliphatic carbocycles. The minimum atomic E-state index is -0.765. The van der Waals surface area contributed by atoms with Gasteiger partial charge in [-0.1, -0.05) is 44.2 Å². The van der Waals surface area contributed by atoms with Crippen LogP contribution in [0.15, 0.2) is 46.9 Å². The van der Waals surface area contributed by atoms with Gasteiger partial charge in [-0.2, -0.15) is 0 Å². The normalized spacial score (nSPS) is 13.5. The molecule has 2 N–H and O–H groups in total. The first-order valence-electron chi connectivity index (χ1n) is 11.2. The molecule has 0 fully saturated rings. The van der Waals surface area contributed by atoms with Crippen molar-refractivity contribution in [2.45, 2.75) is 45.4 Å². The average Bonchev–Trinajstić information content (AvgIpc) is 3.20. The van der Waals surface area contributed by atoms with Gasteiger partial charge in [0.1, 0.15) is 33.6 Å². The Balaban J connectivity index is 1.60. The van der Waals surface area contributed by atoms with Crippen molar-refractivity contribution in [3.63, 3.8) is 0 Å². The van der Waals surface area contributed by atoms with Crippen molar-refractivity contribution in [1.29, 1.82) is 0 Å². The standard InChI is InChI=1S/C25H30BrClIN3O4/c1-16(11-27)14-35-23-9-6-18(10-21(23)26)25(2,3)17-4-7-20(8-5-17)34-15-19(33)12-31-24(28)22(13-32)29-30-31/h4-10,16,19,32-33H,11-15H2,1-3H3/t16-,19-/m1/s1/i28-4. The van der Waals surface area contributed by atoms with Crippen LogP contribution >= 0.6 is 50.1 Å². The quantitative estimate of drug-likeness (QED) is 0.204. The van der Waals surface area contributed by atoms with E-state index in [4.69, 9.17) is 21.1 Å². The molecule has 0 aliphatic heterocycles. The van der Waals surface area contributed by atoms with Crippen LogP contribution in [-0.2, 0) is 18.6 Å². The molecule has 0 saturated heterocycles. The van der Waals surface area contributed by atoms with Crippen LogP contribution < -0.4 is 9.47 Å². The van der Waals surface area contributed by atoms with E-state index < -0.39 is 6.10 Å². The van der Waals surface area contributed by atoms with Gasteiger partial charge in [-0.25, -0.2) is 4.68 Å². The van der Waals surface area contributed by atoms with E-state index in [1.807, 2.05) is 52.9 Å². The van der Waals surface area contributed by atoms with Crippen molar-refractivity contribution in [1.82, 2.24) is 15.0 Å². The number of aliphatic hydroxyl groups excluding tert-OH is 2. The lowest BCUT2D eigenvalue weighted by Crippen LogP contribution is -2.25. The Bertz CT molecular complexity index is 1110. The van der Waals surface area contributed by atoms with Crippen LogP contribution in [0.4, 0.5) is 0 Å². The molecule has 190 valence electrons. The summed E-state index contributed by atoms with van der Waals surface area (Å²) in [7, 11) is 0. The second-order valence-corrected chi connectivity index (χ2v) is 11.2. The summed E-state index contributed by atoms with van der Waals surface area (Å²) in [6, 6.07) is 14.1. The summed E-state index contributed by atoms with van der Waals surface area (Å²) >= 11 is 11.6. The molecule has 0 amide bonds. The van der Waals surface area contributed by atoms with Crippen LogP contribution in [0.25, 0.3) is 0 Å². The molecule has 2 atom stereocenters. The molecular weight excluding hydrogens is 645 g/mol. The third-order valence-corrected chi connectivity index (χ3v) is 8.06. The summed E-state index contributed by atoms with van der Waals surface area (Å²) in [6.45, 7) is 7.13. The van der Waals surface area contributed by atoms with Crippen LogP contribution in [0.2, 0.25) is 0 Å². The highest BCUT2D eigenvalue weighted by atomic mass is 123. The fraction of sp³-hybridized carbons (Fsp3) is 0.440. The van der Waals surface area contributed by atoms with Gasteiger partial charge in [-0.3, -0.25) is 0 Å². The van der Waals surface area contributed by atoms with Crippen LogP contribution in [0.3, 0.4) is 0 Å². The van der Waals surface area contributed by atoms with Crippen molar-refractivity contribution in [2.75, 3.05) is 19.1 Å². The SMILES string of the molecule is C[C@H](CCl)COc1ccc(C(C)(C)c2ccc(OC[C@H](O)Cn3nnc(CO)c3[123I])cc2)cc1Br. The number of halogens is 3. The summed E-state index contributed by atoms with van der Waals surface area (Å²) in [5.74, 6) is 2.32. The Morgan fingerprint density at radius 1 is 1.11 bits per heavy atom. The highest BCUT2D eigenvalue weighted by Crippen LogP contribution is 2.36. The van der Waals surface area contributed by atoms with Gasteiger partial charge in [-0.05, 0) is 73.9 Å². The Morgan fingerprint density at radius 2 is 1.80 bits per heavy atom. The van der Waals surface area contributed by atoms with Gasteiger partial charge in [0.15, 0.2) is 0 Å². The number of hydrogen-bond acceptors (Lipinski definition) is 6. The second kappa shape index (κ2) is 12.7. The Labute approximate surface area is 233 Å². The van der Waals surface area contributed by atoms with Crippen molar-refractivity contribution in [3.8, 4) is 11.5 Å². The molecule has 0 radical (unpaired) electrons. The zero-order valence-electron chi connectivity index (χ0n) is 19.9. The summed E-state index contributed by atoms with van der Waals surface area (Å²) < 4.78 is 14.8. The van der Waals surface area contributed by atoms with Crippen LogP contribution in [-0.4, -0.2) is 50.4 Å². The third-order valence-electron chi connectivity index (χ3n) is 5.73. The largest absolute Gasteiger partial charge is 0.492 e. The Hall–Kier alpha value is -1.40. The van der Waals surface area contributed by atoms with Crippen molar-refractivity contribution < 1.29 is 19.7 Å². The smallest absolute Gasteiger partial charge is 0.133 e. The summed E-state index contributed by atoms with van der Waals surface area (Å²) in [5, 5.41) is 27.4. The minimum absolute atomic E-state index is 0.115. The van der Waals surface area contributed by atoms with E-state index in [2.05, 4.69) is 59.1 Å². The first-order chi connectivity index (χ1) is 16.6. The van der Waals surface area contributed by atoms with E-state index in [1.54, 1.807) is 4.68 Å². The van der Waals surface area contributed by atoms with Gasteiger partial charge < -0.3 is 19.7 Å². The zero-order chi connectivity index (χ0) is 25.6. The topological polar surface area (TPSA) is 89.6 Å². The number of aliphatic hydroxyl groups is 2. The number of ether oxygens (including phenoxy) is 2. The Morgan fingerprint density at radius 3 is 2.40 bits per heavy atom. The monoisotopic (exact) mass is 673 g/mol. The molecule has 7 nitrogen and oxygen atoms in total. The highest BCUT2D eigenvalue weighted by molar-refractivity contribution is 14.1. The maximum absolute atomic E-state index is 10.3. The van der Waals surface area contributed by atoms with Crippen molar-refractivity contribution in [3.05, 3.63) is 67.5 Å². The van der Waals surface area contributed by atoms with Crippen molar-refractivity contribution >= 4 is 50.1 Å². The van der Waals surface area contributed by atoms with Gasteiger partial charge in [0.25, 0.3) is 0 Å². The number of alkyl halides is 1. The van der Waals surface area contributed by atoms with Gasteiger partial charge in [-0.15, -0.1) is 16.7 Å². The predicted octanol–water partition coefficient (Wildman–Crippen LogP) is 5.16. The third kappa shape index (κ3) is 7.31. The molecule has 1 heterocycles. The average molecular weight is 675 g/mol. The number of hydrogen-bond donors (Lipinski definition) is 2. The van der Waals surface area contributed by atoms with E-state index in [0.717, 1.165) is 21.3 Å². The van der Waals surface area contributed by atoms with Crippen LogP contribution in [0, 0.1) is 9.62 Å². The first kappa shape index (κ1) is 28.2. The van der Waals surface area contributed by atoms with E-state index in [9.17, 15) is 10.2 Å². The lowest BCUT2D eigenvalue weighted by molar-refractivity contribution is 0.0881. The van der Waals surface area contributed by atoms with E-state index >= 15 is 0 Å². The molecule has 0 unspecified atom stereocenters. The molecular formula is C25H30BrClIN3O4. The molecule has 0 aliphatic rings. The fourth-order valence-corrected chi connectivity index (χ4v) is 4.57. The predicted molar refractivity (Wildman–Crippen MR) is 148 cm³/mol. The van der Waals surface area contributed by atoms with Gasteiger partial charge in [0, 0.05) is 17.2 Å². The summed E-state index contributed by atoms with van der Waals surface area (Å²) in [6.07, 6.45) is -0.765. The van der Waals surface area contributed by atoms with Crippen molar-refractivity contribution in [2.24, 2.45) is 5.92 Å². The maximum atomic E-state index is 10.3. The highest BCUT2D eigenvalue weighted by Gasteiger charge is 2.24. The molecule has 0 bridgehead atoms. The molecule has 2 aromatic carbocycles. The molecule has 1 aromatic heterocycles. The number of aromatic nitrogens is 3. The van der Waals surface area contributed by atoms with Gasteiger partial charge in [0.2, 0.25) is 0 Å². The van der Waals surface area contributed by atoms with E-state index in [1.165, 1.54) is 0 Å². The maximum Gasteiger partial charge on any atom is 0.133 e. The lowest BCUT2D eigenvalue weighted by Gasteiger charge is -2.27. The minimum Gasteiger partial charge on any atom is -0.492 e. The molecule has 3 rings (SSSR count). The molecule has 0 saturated carbocycles. The molecule has 3 aromatic rings. The van der Waals surface area contributed by atoms with E-state index in [0.29, 0.717) is 27.6 Å². The zero-order valence-corrected chi connectivity index (χ0v) is 24.4. The molecule has 10 heteroatoms. The molecule has 35 heavy (non-hydrogen) atoms. The van der Waals surface area contributed by atoms with Gasteiger partial charge in [0.05, 0.1) is 24.2 Å². The Kier molecular flexibility index (Phi) is 10.2. The number of rotatable bonds is 12. The number of benzene rings is 2. The summed E-state index contributed by atoms with van der Waals surface area (Å²) in [4.78, 5) is 0. The first-order valence-corrected chi connectivity index (χ1v) is 13.6. The lowest BCUT2D eigenvalue weighted by atomic mass is 9.78. The summed E-state index contributed by atoms with van der Waals surface area (Å²) in [5.41, 5.74) is 2.54.